The van der Waals surface area contributed by atoms with Gasteiger partial charge in [-0.05, 0) is 24.6 Å². The van der Waals surface area contributed by atoms with Crippen molar-refractivity contribution in [2.75, 3.05) is 6.54 Å². The number of nitrogens with zero attached hydrogens (tertiary/aromatic N) is 2. The van der Waals surface area contributed by atoms with E-state index in [2.05, 4.69) is 5.32 Å². The van der Waals surface area contributed by atoms with E-state index in [0.29, 0.717) is 13.1 Å². The molecule has 1 aromatic heterocycles. The van der Waals surface area contributed by atoms with Crippen LogP contribution in [0.4, 0.5) is 4.39 Å². The van der Waals surface area contributed by atoms with Gasteiger partial charge in [-0.2, -0.15) is 0 Å². The molecule has 8 heteroatoms. The number of carbonyl (C=O) groups is 2. The predicted molar refractivity (Wildman–Crippen MR) is 100 cm³/mol. The molecule has 2 N–H and O–H groups in total. The lowest BCUT2D eigenvalue weighted by atomic mass is 10.1. The van der Waals surface area contributed by atoms with Crippen LogP contribution in [0.15, 0.2) is 35.3 Å². The lowest BCUT2D eigenvalue weighted by molar-refractivity contribution is -0.121. The van der Waals surface area contributed by atoms with E-state index in [4.69, 9.17) is 0 Å². The number of hydrogen-bond acceptors (Lipinski definition) is 4. The van der Waals surface area contributed by atoms with Gasteiger partial charge >= 0.3 is 0 Å². The summed E-state index contributed by atoms with van der Waals surface area (Å²) in [6.07, 6.45) is 1.80. The largest absolute Gasteiger partial charge is 0.503 e. The number of nitrogens with one attached hydrogen (secondary N) is 1. The molecule has 7 nitrogen and oxygen atoms in total. The van der Waals surface area contributed by atoms with Crippen LogP contribution in [0.2, 0.25) is 0 Å². The molecule has 148 valence electrons. The number of halogens is 1. The molecular formula is C20H22FN3O4. The first-order chi connectivity index (χ1) is 13.3. The van der Waals surface area contributed by atoms with Crippen LogP contribution >= 0.6 is 0 Å². The maximum Gasteiger partial charge on any atom is 0.274 e. The summed E-state index contributed by atoms with van der Waals surface area (Å²) in [6.45, 7) is 4.37. The average Bonchev–Trinajstić information content (AvgIpc) is 2.67. The van der Waals surface area contributed by atoms with E-state index >= 15 is 0 Å². The molecule has 0 spiro atoms. The van der Waals surface area contributed by atoms with Gasteiger partial charge in [0.25, 0.3) is 5.91 Å². The highest BCUT2D eigenvalue weighted by Crippen LogP contribution is 2.23. The van der Waals surface area contributed by atoms with E-state index < -0.39 is 23.1 Å². The topological polar surface area (TPSA) is 91.6 Å². The summed E-state index contributed by atoms with van der Waals surface area (Å²) in [5.41, 5.74) is 0.226. The zero-order chi connectivity index (χ0) is 20.4. The number of aromatic hydroxyl groups is 1. The number of fused-ring (bicyclic) bond motifs is 1. The van der Waals surface area contributed by atoms with Gasteiger partial charge in [0.2, 0.25) is 11.3 Å². The van der Waals surface area contributed by atoms with Gasteiger partial charge < -0.3 is 19.9 Å². The number of carbonyl (C=O) groups excluding carboxylic acids is 2. The zero-order valence-electron chi connectivity index (χ0n) is 15.7. The van der Waals surface area contributed by atoms with Gasteiger partial charge in [0.05, 0.1) is 6.04 Å². The Morgan fingerprint density at radius 3 is 2.57 bits per heavy atom. The standard InChI is InChI=1S/C20H22FN3O4/c1-3-16(25)22-12(2)15-11-23-8-9-24(10-13-4-6-14(21)7-5-13)20(28)17(23)19(27)18(15)26/h4-7,11-12,27H,3,8-10H2,1-2H3,(H,22,25). The van der Waals surface area contributed by atoms with Crippen molar-refractivity contribution >= 4 is 11.8 Å². The molecule has 1 aliphatic heterocycles. The summed E-state index contributed by atoms with van der Waals surface area (Å²) in [6, 6.07) is 5.23. The number of pyridine rings is 1. The number of rotatable bonds is 5. The van der Waals surface area contributed by atoms with Crippen molar-refractivity contribution in [1.29, 1.82) is 0 Å². The highest BCUT2D eigenvalue weighted by molar-refractivity contribution is 5.95. The van der Waals surface area contributed by atoms with Crippen LogP contribution in [-0.2, 0) is 17.9 Å². The van der Waals surface area contributed by atoms with Crippen LogP contribution in [0.25, 0.3) is 0 Å². The highest BCUT2D eigenvalue weighted by Gasteiger charge is 2.30. The Morgan fingerprint density at radius 2 is 1.93 bits per heavy atom. The van der Waals surface area contributed by atoms with E-state index in [1.807, 2.05) is 0 Å². The minimum absolute atomic E-state index is 0.0730. The first-order valence-corrected chi connectivity index (χ1v) is 9.11. The molecule has 1 aliphatic rings. The fourth-order valence-corrected chi connectivity index (χ4v) is 3.24. The Morgan fingerprint density at radius 1 is 1.25 bits per heavy atom. The Bertz CT molecular complexity index is 969. The summed E-state index contributed by atoms with van der Waals surface area (Å²) in [7, 11) is 0. The molecule has 0 saturated heterocycles. The highest BCUT2D eigenvalue weighted by atomic mass is 19.1. The normalized spacial score (nSPS) is 14.5. The van der Waals surface area contributed by atoms with Gasteiger partial charge in [0.15, 0.2) is 11.4 Å². The Kier molecular flexibility index (Phi) is 5.48. The van der Waals surface area contributed by atoms with Gasteiger partial charge in [0, 0.05) is 37.8 Å². The van der Waals surface area contributed by atoms with Gasteiger partial charge in [-0.25, -0.2) is 4.39 Å². The molecule has 3 rings (SSSR count). The Labute approximate surface area is 161 Å². The molecule has 0 saturated carbocycles. The summed E-state index contributed by atoms with van der Waals surface area (Å²) in [5.74, 6) is -1.67. The van der Waals surface area contributed by atoms with Crippen LogP contribution in [0, 0.1) is 5.82 Å². The smallest absolute Gasteiger partial charge is 0.274 e. The molecular weight excluding hydrogens is 365 g/mol. The van der Waals surface area contributed by atoms with E-state index in [1.54, 1.807) is 30.5 Å². The second kappa shape index (κ2) is 7.84. The van der Waals surface area contributed by atoms with Crippen molar-refractivity contribution in [1.82, 2.24) is 14.8 Å². The van der Waals surface area contributed by atoms with Crippen LogP contribution in [0.1, 0.15) is 47.9 Å². The van der Waals surface area contributed by atoms with E-state index in [-0.39, 0.29) is 35.9 Å². The van der Waals surface area contributed by atoms with Crippen molar-refractivity contribution < 1.29 is 19.1 Å². The molecule has 1 unspecified atom stereocenters. The van der Waals surface area contributed by atoms with E-state index in [0.717, 1.165) is 5.56 Å². The monoisotopic (exact) mass is 387 g/mol. The quantitative estimate of drug-likeness (QED) is 0.820. The third kappa shape index (κ3) is 3.76. The van der Waals surface area contributed by atoms with Crippen LogP contribution in [0.5, 0.6) is 5.75 Å². The Balaban J connectivity index is 1.89. The summed E-state index contributed by atoms with van der Waals surface area (Å²) < 4.78 is 14.6. The number of hydrogen-bond donors (Lipinski definition) is 2. The molecule has 0 fully saturated rings. The maximum atomic E-state index is 13.1. The second-order valence-corrected chi connectivity index (χ2v) is 6.80. The SMILES string of the molecule is CCC(=O)NC(C)c1cn2c(c(O)c1=O)C(=O)N(Cc1ccc(F)cc1)CC2. The Hall–Kier alpha value is -3.16. The maximum absolute atomic E-state index is 13.1. The van der Waals surface area contributed by atoms with Gasteiger partial charge in [-0.15, -0.1) is 0 Å². The first-order valence-electron chi connectivity index (χ1n) is 9.11. The summed E-state index contributed by atoms with van der Waals surface area (Å²) >= 11 is 0. The average molecular weight is 387 g/mol. The molecule has 0 radical (unpaired) electrons. The molecule has 2 heterocycles. The minimum Gasteiger partial charge on any atom is -0.503 e. The molecule has 1 atom stereocenters. The molecule has 1 aromatic carbocycles. The van der Waals surface area contributed by atoms with Gasteiger partial charge in [-0.1, -0.05) is 19.1 Å². The summed E-state index contributed by atoms with van der Waals surface area (Å²) in [5, 5.41) is 13.1. The van der Waals surface area contributed by atoms with Gasteiger partial charge in [-0.3, -0.25) is 14.4 Å². The number of amides is 2. The lowest BCUT2D eigenvalue weighted by Gasteiger charge is -2.31. The summed E-state index contributed by atoms with van der Waals surface area (Å²) in [4.78, 5) is 38.5. The van der Waals surface area contributed by atoms with Crippen molar-refractivity contribution in [2.45, 2.75) is 39.4 Å². The van der Waals surface area contributed by atoms with Crippen molar-refractivity contribution in [3.63, 3.8) is 0 Å². The zero-order valence-corrected chi connectivity index (χ0v) is 15.7. The number of benzene rings is 1. The second-order valence-electron chi connectivity index (χ2n) is 6.80. The first kappa shape index (κ1) is 19.6. The minimum atomic E-state index is -0.674. The van der Waals surface area contributed by atoms with E-state index in [9.17, 15) is 23.9 Å². The van der Waals surface area contributed by atoms with E-state index in [1.165, 1.54) is 23.2 Å². The molecule has 2 amide bonds. The fourth-order valence-electron chi connectivity index (χ4n) is 3.24. The lowest BCUT2D eigenvalue weighted by Crippen LogP contribution is -2.42. The molecule has 0 aliphatic carbocycles. The van der Waals surface area contributed by atoms with Gasteiger partial charge in [0.1, 0.15) is 5.82 Å². The van der Waals surface area contributed by atoms with Crippen molar-refractivity contribution in [3.8, 4) is 5.75 Å². The molecule has 28 heavy (non-hydrogen) atoms. The third-order valence-corrected chi connectivity index (χ3v) is 4.84. The van der Waals surface area contributed by atoms with Crippen molar-refractivity contribution in [3.05, 3.63) is 63.3 Å². The van der Waals surface area contributed by atoms with Crippen LogP contribution in [0.3, 0.4) is 0 Å². The molecule has 0 bridgehead atoms. The van der Waals surface area contributed by atoms with Crippen LogP contribution < -0.4 is 10.7 Å². The molecule has 2 aromatic rings. The van der Waals surface area contributed by atoms with Crippen molar-refractivity contribution in [2.24, 2.45) is 0 Å². The number of aromatic nitrogens is 1. The fraction of sp³-hybridized carbons (Fsp3) is 0.350. The third-order valence-electron chi connectivity index (χ3n) is 4.84. The predicted octanol–water partition coefficient (Wildman–Crippen LogP) is 1.94. The van der Waals surface area contributed by atoms with Crippen LogP contribution in [-0.4, -0.2) is 32.9 Å².